The van der Waals surface area contributed by atoms with Crippen molar-refractivity contribution in [1.82, 2.24) is 0 Å². The Balaban J connectivity index is 3.42. The molecule has 1 N–H and O–H groups in total. The van der Waals surface area contributed by atoms with E-state index in [2.05, 4.69) is 4.74 Å². The van der Waals surface area contributed by atoms with E-state index in [1.165, 1.54) is 6.07 Å². The van der Waals surface area contributed by atoms with Gasteiger partial charge in [0.25, 0.3) is 6.43 Å². The van der Waals surface area contributed by atoms with Crippen LogP contribution in [0.3, 0.4) is 0 Å². The maximum Gasteiger partial charge on any atom is 0.341 e. The van der Waals surface area contributed by atoms with Gasteiger partial charge in [0.1, 0.15) is 22.9 Å². The predicted octanol–water partition coefficient (Wildman–Crippen LogP) is 1.99. The molecule has 84 valence electrons. The Morgan fingerprint density at radius 1 is 1.56 bits per heavy atom. The van der Waals surface area contributed by atoms with Gasteiger partial charge < -0.3 is 9.84 Å². The van der Waals surface area contributed by atoms with Crippen LogP contribution < -0.4 is 0 Å². The number of nitriles is 1. The Bertz CT molecular complexity index is 466. The van der Waals surface area contributed by atoms with Crippen molar-refractivity contribution in [3.63, 3.8) is 0 Å². The monoisotopic (exact) mass is 227 g/mol. The summed E-state index contributed by atoms with van der Waals surface area (Å²) in [7, 11) is 1.08. The quantitative estimate of drug-likeness (QED) is 0.784. The standard InChI is InChI=1S/C10H7F2NO3/c1-16-10(15)6-3-2-5(9(11)12)7(4-13)8(6)14/h2-3,9,14H,1H3. The number of aromatic hydroxyl groups is 1. The molecule has 0 saturated carbocycles. The van der Waals surface area contributed by atoms with Crippen molar-refractivity contribution < 1.29 is 23.4 Å². The van der Waals surface area contributed by atoms with Crippen LogP contribution in [-0.4, -0.2) is 18.2 Å². The number of methoxy groups -OCH3 is 1. The average Bonchev–Trinajstić information content (AvgIpc) is 2.27. The van der Waals surface area contributed by atoms with Gasteiger partial charge in [-0.1, -0.05) is 6.07 Å². The number of rotatable bonds is 2. The highest BCUT2D eigenvalue weighted by Crippen LogP contribution is 2.31. The first-order valence-corrected chi connectivity index (χ1v) is 4.15. The van der Waals surface area contributed by atoms with Crippen LogP contribution in [0, 0.1) is 11.3 Å². The molecule has 1 aromatic carbocycles. The van der Waals surface area contributed by atoms with Crippen molar-refractivity contribution in [2.45, 2.75) is 6.43 Å². The number of nitrogens with zero attached hydrogens (tertiary/aromatic N) is 1. The van der Waals surface area contributed by atoms with E-state index in [-0.39, 0.29) is 5.56 Å². The van der Waals surface area contributed by atoms with Crippen LogP contribution in [0.4, 0.5) is 8.78 Å². The number of ether oxygens (including phenoxy) is 1. The van der Waals surface area contributed by atoms with E-state index in [1.807, 2.05) is 0 Å². The highest BCUT2D eigenvalue weighted by Gasteiger charge is 2.22. The predicted molar refractivity (Wildman–Crippen MR) is 49.1 cm³/mol. The first kappa shape index (κ1) is 11.9. The fourth-order valence-electron chi connectivity index (χ4n) is 1.18. The molecule has 0 saturated heterocycles. The number of esters is 1. The Kier molecular flexibility index (Phi) is 3.40. The third-order valence-electron chi connectivity index (χ3n) is 1.96. The molecule has 0 aliphatic heterocycles. The third-order valence-corrected chi connectivity index (χ3v) is 1.96. The van der Waals surface area contributed by atoms with Crippen molar-refractivity contribution in [3.05, 3.63) is 28.8 Å². The number of halogens is 2. The second-order valence-electron chi connectivity index (χ2n) is 2.83. The summed E-state index contributed by atoms with van der Waals surface area (Å²) in [4.78, 5) is 11.1. The Morgan fingerprint density at radius 3 is 2.62 bits per heavy atom. The number of benzene rings is 1. The molecule has 0 amide bonds. The maximum absolute atomic E-state index is 12.4. The summed E-state index contributed by atoms with van der Waals surface area (Å²) < 4.78 is 29.2. The van der Waals surface area contributed by atoms with Crippen molar-refractivity contribution in [3.8, 4) is 11.8 Å². The number of alkyl halides is 2. The van der Waals surface area contributed by atoms with E-state index in [9.17, 15) is 18.7 Å². The fraction of sp³-hybridized carbons (Fsp3) is 0.200. The summed E-state index contributed by atoms with van der Waals surface area (Å²) in [5.74, 6) is -1.68. The number of carbonyl (C=O) groups excluding carboxylic acids is 1. The lowest BCUT2D eigenvalue weighted by atomic mass is 10.0. The zero-order valence-electron chi connectivity index (χ0n) is 8.20. The van der Waals surface area contributed by atoms with Gasteiger partial charge in [0, 0.05) is 5.56 Å². The summed E-state index contributed by atoms with van der Waals surface area (Å²) in [6.07, 6.45) is -2.90. The zero-order valence-corrected chi connectivity index (χ0v) is 8.20. The SMILES string of the molecule is COC(=O)c1ccc(C(F)F)c(C#N)c1O. The van der Waals surface area contributed by atoms with Crippen LogP contribution in [0.1, 0.15) is 27.9 Å². The Labute approximate surface area is 89.7 Å². The normalized spacial score (nSPS) is 9.94. The maximum atomic E-state index is 12.4. The number of hydrogen-bond acceptors (Lipinski definition) is 4. The third kappa shape index (κ3) is 1.93. The van der Waals surface area contributed by atoms with E-state index in [4.69, 9.17) is 5.26 Å². The van der Waals surface area contributed by atoms with Gasteiger partial charge in [-0.25, -0.2) is 13.6 Å². The lowest BCUT2D eigenvalue weighted by Crippen LogP contribution is -2.04. The fourth-order valence-corrected chi connectivity index (χ4v) is 1.18. The molecule has 4 nitrogen and oxygen atoms in total. The van der Waals surface area contributed by atoms with Gasteiger partial charge in [-0.05, 0) is 6.07 Å². The van der Waals surface area contributed by atoms with Crippen molar-refractivity contribution in [2.75, 3.05) is 7.11 Å². The smallest absolute Gasteiger partial charge is 0.341 e. The molecule has 0 radical (unpaired) electrons. The highest BCUT2D eigenvalue weighted by atomic mass is 19.3. The summed E-state index contributed by atoms with van der Waals surface area (Å²) >= 11 is 0. The topological polar surface area (TPSA) is 70.3 Å². The summed E-state index contributed by atoms with van der Waals surface area (Å²) in [6, 6.07) is 3.33. The minimum atomic E-state index is -2.90. The van der Waals surface area contributed by atoms with E-state index in [0.717, 1.165) is 19.2 Å². The number of phenolic OH excluding ortho intramolecular Hbond substituents is 1. The average molecular weight is 227 g/mol. The van der Waals surface area contributed by atoms with Crippen LogP contribution in [0.2, 0.25) is 0 Å². The lowest BCUT2D eigenvalue weighted by molar-refractivity contribution is 0.0597. The van der Waals surface area contributed by atoms with Gasteiger partial charge in [-0.15, -0.1) is 0 Å². The second kappa shape index (κ2) is 4.57. The highest BCUT2D eigenvalue weighted by molar-refractivity contribution is 5.93. The van der Waals surface area contributed by atoms with Gasteiger partial charge >= 0.3 is 5.97 Å². The van der Waals surface area contributed by atoms with Crippen LogP contribution >= 0.6 is 0 Å². The first-order chi connectivity index (χ1) is 7.52. The molecule has 0 aliphatic carbocycles. The minimum absolute atomic E-state index is 0.316. The Hall–Kier alpha value is -2.16. The van der Waals surface area contributed by atoms with Crippen LogP contribution in [0.5, 0.6) is 5.75 Å². The molecule has 16 heavy (non-hydrogen) atoms. The molecule has 0 atom stereocenters. The number of carbonyl (C=O) groups is 1. The van der Waals surface area contributed by atoms with Crippen LogP contribution in [0.15, 0.2) is 12.1 Å². The summed E-state index contributed by atoms with van der Waals surface area (Å²) in [5, 5.41) is 18.1. The van der Waals surface area contributed by atoms with Crippen molar-refractivity contribution in [2.24, 2.45) is 0 Å². The number of hydrogen-bond donors (Lipinski definition) is 1. The zero-order chi connectivity index (χ0) is 12.3. The summed E-state index contributed by atoms with van der Waals surface area (Å²) in [5.41, 5.74) is -1.55. The van der Waals surface area contributed by atoms with Crippen molar-refractivity contribution >= 4 is 5.97 Å². The Morgan fingerprint density at radius 2 is 2.19 bits per heavy atom. The molecule has 1 aromatic rings. The first-order valence-electron chi connectivity index (χ1n) is 4.15. The van der Waals surface area contributed by atoms with Gasteiger partial charge in [-0.2, -0.15) is 5.26 Å². The van der Waals surface area contributed by atoms with E-state index in [0.29, 0.717) is 0 Å². The molecule has 0 aliphatic rings. The molecule has 0 spiro atoms. The van der Waals surface area contributed by atoms with E-state index in [1.54, 1.807) is 0 Å². The molecule has 0 bridgehead atoms. The van der Waals surface area contributed by atoms with Gasteiger partial charge in [0.2, 0.25) is 0 Å². The second-order valence-corrected chi connectivity index (χ2v) is 2.83. The van der Waals surface area contributed by atoms with Gasteiger partial charge in [0.15, 0.2) is 0 Å². The molecule has 0 fully saturated rings. The van der Waals surface area contributed by atoms with Crippen molar-refractivity contribution in [1.29, 1.82) is 5.26 Å². The molecular formula is C10H7F2NO3. The van der Waals surface area contributed by atoms with Crippen LogP contribution in [-0.2, 0) is 4.74 Å². The molecule has 0 aromatic heterocycles. The largest absolute Gasteiger partial charge is 0.506 e. The minimum Gasteiger partial charge on any atom is -0.506 e. The van der Waals surface area contributed by atoms with Gasteiger partial charge in [0.05, 0.1) is 7.11 Å². The van der Waals surface area contributed by atoms with E-state index < -0.39 is 29.3 Å². The number of phenols is 1. The molecule has 0 heterocycles. The molecule has 1 rings (SSSR count). The molecule has 0 unspecified atom stereocenters. The van der Waals surface area contributed by atoms with E-state index >= 15 is 0 Å². The molecular weight excluding hydrogens is 220 g/mol. The van der Waals surface area contributed by atoms with Crippen LogP contribution in [0.25, 0.3) is 0 Å². The summed E-state index contributed by atoms with van der Waals surface area (Å²) in [6.45, 7) is 0. The van der Waals surface area contributed by atoms with Gasteiger partial charge in [-0.3, -0.25) is 0 Å². The molecule has 6 heteroatoms. The lowest BCUT2D eigenvalue weighted by Gasteiger charge is -2.08.